The molecule has 1 atom stereocenters. The summed E-state index contributed by atoms with van der Waals surface area (Å²) in [7, 11) is 3.83. The Labute approximate surface area is 262 Å². The summed E-state index contributed by atoms with van der Waals surface area (Å²) in [5.41, 5.74) is 0.623. The van der Waals surface area contributed by atoms with E-state index in [9.17, 15) is 14.0 Å². The molecule has 0 aliphatic carbocycles. The van der Waals surface area contributed by atoms with Crippen LogP contribution in [0.5, 0.6) is 0 Å². The minimum absolute atomic E-state index is 0.0561. The maximum absolute atomic E-state index is 13.2. The molecule has 1 fully saturated rings. The molecule has 1 aromatic heterocycles. The quantitative estimate of drug-likeness (QED) is 0.305. The summed E-state index contributed by atoms with van der Waals surface area (Å²) in [6, 6.07) is 9.88. The van der Waals surface area contributed by atoms with E-state index in [2.05, 4.69) is 62.5 Å². The largest absolute Gasteiger partial charge is 0.481 e. The molecule has 2 aromatic rings. The average Bonchev–Trinajstić information content (AvgIpc) is 3.53. The zero-order valence-electron chi connectivity index (χ0n) is 26.9. The van der Waals surface area contributed by atoms with Gasteiger partial charge in [-0.3, -0.25) is 9.59 Å². The summed E-state index contributed by atoms with van der Waals surface area (Å²) >= 11 is 4.42. The van der Waals surface area contributed by atoms with Gasteiger partial charge in [-0.2, -0.15) is 0 Å². The number of carboxylic acid groups (broad SMARTS) is 1. The number of likely N-dealkylation sites (tertiary alicyclic amines) is 1. The summed E-state index contributed by atoms with van der Waals surface area (Å²) in [6.07, 6.45) is 4.91. The van der Waals surface area contributed by atoms with Gasteiger partial charge in [0, 0.05) is 17.6 Å². The number of carbonyl (C=O) groups is 2. The third kappa shape index (κ3) is 19.1. The number of quaternary nitrogens is 1. The highest BCUT2D eigenvalue weighted by Crippen LogP contribution is 2.20. The second-order valence-electron chi connectivity index (χ2n) is 9.98. The van der Waals surface area contributed by atoms with E-state index >= 15 is 0 Å². The maximum Gasteiger partial charge on any atom is 0.311 e. The van der Waals surface area contributed by atoms with Crippen molar-refractivity contribution in [2.24, 2.45) is 5.92 Å². The van der Waals surface area contributed by atoms with Crippen LogP contribution in [0.25, 0.3) is 0 Å². The molecule has 9 heteroatoms. The van der Waals surface area contributed by atoms with Crippen molar-refractivity contribution < 1.29 is 24.0 Å². The van der Waals surface area contributed by atoms with Crippen LogP contribution in [-0.4, -0.2) is 74.5 Å². The molecule has 0 saturated carbocycles. The molecule has 1 aliphatic rings. The van der Waals surface area contributed by atoms with E-state index in [0.29, 0.717) is 12.2 Å². The van der Waals surface area contributed by atoms with E-state index in [4.69, 9.17) is 5.11 Å². The van der Waals surface area contributed by atoms with E-state index in [1.54, 1.807) is 31.0 Å². The number of hydrogen-bond acceptors (Lipinski definition) is 4. The van der Waals surface area contributed by atoms with Gasteiger partial charge in [-0.15, -0.1) is 11.3 Å². The van der Waals surface area contributed by atoms with Crippen molar-refractivity contribution in [1.82, 2.24) is 4.90 Å². The monoisotopic (exact) mass is 660 g/mol. The van der Waals surface area contributed by atoms with Crippen molar-refractivity contribution in [2.75, 3.05) is 57.6 Å². The number of piperidine rings is 1. The number of carboxylic acids is 1. The van der Waals surface area contributed by atoms with Crippen LogP contribution >= 0.6 is 27.3 Å². The van der Waals surface area contributed by atoms with Gasteiger partial charge in [0.1, 0.15) is 5.82 Å². The lowest BCUT2D eigenvalue weighted by Crippen LogP contribution is -3.14. The lowest BCUT2D eigenvalue weighted by atomic mass is 9.94. The number of halogens is 2. The van der Waals surface area contributed by atoms with Crippen molar-refractivity contribution in [1.29, 1.82) is 0 Å². The second kappa shape index (κ2) is 25.9. The topological polar surface area (TPSA) is 65.3 Å². The number of thiophene rings is 1. The molecular formula is C32H56BrFN3O3S+. The van der Waals surface area contributed by atoms with Gasteiger partial charge in [-0.25, -0.2) is 4.39 Å². The average molecular weight is 662 g/mol. The lowest BCUT2D eigenvalue weighted by molar-refractivity contribution is -0.898. The Morgan fingerprint density at radius 1 is 1.05 bits per heavy atom. The van der Waals surface area contributed by atoms with Crippen molar-refractivity contribution in [3.05, 3.63) is 52.5 Å². The molecule has 0 radical (unpaired) electrons. The first-order valence-electron chi connectivity index (χ1n) is 14.7. The number of aliphatic carboxylic acids is 1. The molecule has 41 heavy (non-hydrogen) atoms. The standard InChI is InChI=1S/C16H23FN2O.C7H8O2S.C5H13N.C3H8.CH3Br/c1-3-13-7-9-19(10-8-13)12-16(20)18(2)15-6-4-5-14(17)11-15;1-5(7(8)9)6-3-2-4-10-6;1-4-6(3)5-2;1-3-2;1-2/h4-6,11,13H,3,7-10,12H2,1-2H3;2-5H,1H3,(H,8,9);4-5H2,1-3H3;3H2,1-2H3;1H3/p+1. The number of nitrogens with one attached hydrogen (secondary N) is 1. The fraction of sp³-hybridized carbons (Fsp3) is 0.625. The molecule has 1 aromatic carbocycles. The van der Waals surface area contributed by atoms with Crippen LogP contribution in [0.3, 0.4) is 0 Å². The second-order valence-corrected chi connectivity index (χ2v) is 11.0. The van der Waals surface area contributed by atoms with Crippen LogP contribution in [0.1, 0.15) is 78.0 Å². The molecule has 0 spiro atoms. The molecular weight excluding hydrogens is 605 g/mol. The van der Waals surface area contributed by atoms with E-state index < -0.39 is 5.97 Å². The van der Waals surface area contributed by atoms with Gasteiger partial charge >= 0.3 is 5.97 Å². The third-order valence-electron chi connectivity index (χ3n) is 6.78. The molecule has 1 unspecified atom stereocenters. The van der Waals surface area contributed by atoms with Gasteiger partial charge in [0.2, 0.25) is 0 Å². The van der Waals surface area contributed by atoms with Crippen molar-refractivity contribution in [2.45, 2.75) is 73.1 Å². The van der Waals surface area contributed by atoms with Crippen LogP contribution in [0.4, 0.5) is 10.1 Å². The van der Waals surface area contributed by atoms with E-state index in [1.165, 1.54) is 54.1 Å². The van der Waals surface area contributed by atoms with Gasteiger partial charge in [0.15, 0.2) is 6.54 Å². The maximum atomic E-state index is 13.2. The van der Waals surface area contributed by atoms with Crippen LogP contribution < -0.4 is 9.80 Å². The molecule has 1 aliphatic heterocycles. The normalized spacial score (nSPS) is 16.2. The molecule has 1 saturated heterocycles. The number of benzene rings is 1. The molecule has 1 amide bonds. The Kier molecular flexibility index (Phi) is 26.1. The van der Waals surface area contributed by atoms with Crippen LogP contribution in [-0.2, 0) is 9.59 Å². The van der Waals surface area contributed by atoms with Crippen LogP contribution in [0, 0.1) is 11.7 Å². The molecule has 0 bridgehead atoms. The predicted octanol–water partition coefficient (Wildman–Crippen LogP) is 6.82. The number of rotatable bonds is 8. The summed E-state index contributed by atoms with van der Waals surface area (Å²) in [6.45, 7) is 17.5. The Morgan fingerprint density at radius 2 is 1.61 bits per heavy atom. The number of hydrogen-bond donors (Lipinski definition) is 2. The van der Waals surface area contributed by atoms with Crippen LogP contribution in [0.15, 0.2) is 41.8 Å². The lowest BCUT2D eigenvalue weighted by Gasteiger charge is -2.29. The Morgan fingerprint density at radius 3 is 2.00 bits per heavy atom. The molecule has 2 N–H and O–H groups in total. The Balaban J connectivity index is 0. The third-order valence-corrected chi connectivity index (χ3v) is 7.84. The molecule has 6 nitrogen and oxygen atoms in total. The fourth-order valence-corrected chi connectivity index (χ4v) is 4.49. The molecule has 236 valence electrons. The number of alkyl halides is 1. The van der Waals surface area contributed by atoms with Crippen molar-refractivity contribution in [3.8, 4) is 0 Å². The summed E-state index contributed by atoms with van der Waals surface area (Å²) in [5.74, 6) is 1.27. The zero-order chi connectivity index (χ0) is 31.8. The Hall–Kier alpha value is -1.81. The first-order chi connectivity index (χ1) is 19.5. The smallest absolute Gasteiger partial charge is 0.311 e. The van der Waals surface area contributed by atoms with Crippen molar-refractivity contribution >= 4 is 44.8 Å². The summed E-state index contributed by atoms with van der Waals surface area (Å²) in [4.78, 5) is 28.7. The summed E-state index contributed by atoms with van der Waals surface area (Å²) < 4.78 is 13.2. The van der Waals surface area contributed by atoms with Crippen molar-refractivity contribution in [3.63, 3.8) is 0 Å². The van der Waals surface area contributed by atoms with Gasteiger partial charge in [0.25, 0.3) is 5.91 Å². The highest BCUT2D eigenvalue weighted by Gasteiger charge is 2.24. The minimum Gasteiger partial charge on any atom is -0.481 e. The van der Waals surface area contributed by atoms with Gasteiger partial charge in [0.05, 0.1) is 19.0 Å². The molecule has 3 rings (SSSR count). The van der Waals surface area contributed by atoms with Gasteiger partial charge in [-0.05, 0) is 81.3 Å². The SMILES string of the molecule is CBr.CC(C(=O)O)c1cccs1.CCC.CCC1CC[NH+](CC(=O)N(C)c2cccc(F)c2)CC1.CCN(C)CC. The van der Waals surface area contributed by atoms with E-state index in [-0.39, 0.29) is 17.6 Å². The van der Waals surface area contributed by atoms with E-state index in [1.807, 2.05) is 23.3 Å². The van der Waals surface area contributed by atoms with Crippen LogP contribution in [0.2, 0.25) is 0 Å². The molecule has 2 heterocycles. The zero-order valence-corrected chi connectivity index (χ0v) is 29.3. The van der Waals surface area contributed by atoms with E-state index in [0.717, 1.165) is 37.0 Å². The number of nitrogens with zero attached hydrogens (tertiary/aromatic N) is 2. The number of likely N-dealkylation sites (N-methyl/N-ethyl adjacent to an activating group) is 1. The Bertz CT molecular complexity index is 905. The predicted molar refractivity (Wildman–Crippen MR) is 178 cm³/mol. The highest BCUT2D eigenvalue weighted by molar-refractivity contribution is 9.08. The highest BCUT2D eigenvalue weighted by atomic mass is 79.9. The minimum atomic E-state index is -0.762. The summed E-state index contributed by atoms with van der Waals surface area (Å²) in [5, 5.41) is 10.4. The fourth-order valence-electron chi connectivity index (χ4n) is 3.72. The number of anilines is 1. The van der Waals surface area contributed by atoms with Gasteiger partial charge in [-0.1, -0.05) is 75.5 Å². The van der Waals surface area contributed by atoms with Gasteiger partial charge < -0.3 is 19.8 Å². The number of amides is 1. The first kappa shape index (κ1) is 41.3. The number of carbonyl (C=O) groups excluding carboxylic acids is 1. The first-order valence-corrected chi connectivity index (χ1v) is 17.2.